The Labute approximate surface area is 180 Å². The Morgan fingerprint density at radius 3 is 2.73 bits per heavy atom. The van der Waals surface area contributed by atoms with E-state index in [4.69, 9.17) is 9.15 Å². The van der Waals surface area contributed by atoms with Crippen LogP contribution in [0.3, 0.4) is 0 Å². The van der Waals surface area contributed by atoms with Crippen LogP contribution in [0.15, 0.2) is 56.5 Å². The highest BCUT2D eigenvalue weighted by atomic mass is 32.2. The van der Waals surface area contributed by atoms with E-state index in [9.17, 15) is 14.7 Å². The van der Waals surface area contributed by atoms with Crippen LogP contribution in [0.1, 0.15) is 27.9 Å². The van der Waals surface area contributed by atoms with Crippen LogP contribution in [0.4, 0.5) is 5.13 Å². The summed E-state index contributed by atoms with van der Waals surface area (Å²) >= 11 is 2.59. The number of Topliss-reactive ketones (excluding diaryl/α,β-unsaturated/α-hetero) is 1. The Balaban J connectivity index is 1.87. The fourth-order valence-electron chi connectivity index (χ4n) is 3.23. The van der Waals surface area contributed by atoms with E-state index in [0.29, 0.717) is 21.4 Å². The average molecular weight is 444 g/mol. The number of aliphatic hydroxyl groups excluding tert-OH is 1. The van der Waals surface area contributed by atoms with Crippen LogP contribution in [0, 0.1) is 6.92 Å². The average Bonchev–Trinajstić information content (AvgIpc) is 3.46. The zero-order valence-electron chi connectivity index (χ0n) is 16.3. The predicted octanol–water partition coefficient (Wildman–Crippen LogP) is 3.95. The molecule has 3 heterocycles. The summed E-state index contributed by atoms with van der Waals surface area (Å²) in [6.07, 6.45) is 1.85. The topological polar surface area (TPSA) is 106 Å². The highest BCUT2D eigenvalue weighted by Crippen LogP contribution is 2.44. The molecule has 0 aliphatic carbocycles. The summed E-state index contributed by atoms with van der Waals surface area (Å²) in [6.45, 7) is 1.71. The molecule has 0 fully saturated rings. The minimum atomic E-state index is -0.909. The van der Waals surface area contributed by atoms with Crippen molar-refractivity contribution >= 4 is 39.9 Å². The molecule has 8 nitrogen and oxygen atoms in total. The molecule has 4 rings (SSSR count). The number of furan rings is 1. The zero-order chi connectivity index (χ0) is 21.4. The van der Waals surface area contributed by atoms with Crippen LogP contribution in [-0.2, 0) is 4.79 Å². The molecular weight excluding hydrogens is 426 g/mol. The molecule has 0 radical (unpaired) electrons. The van der Waals surface area contributed by atoms with E-state index < -0.39 is 23.5 Å². The van der Waals surface area contributed by atoms with Gasteiger partial charge in [0.1, 0.15) is 11.5 Å². The number of benzene rings is 1. The lowest BCUT2D eigenvalue weighted by atomic mass is 9.95. The fourth-order valence-corrected chi connectivity index (χ4v) is 4.52. The molecule has 0 bridgehead atoms. The molecule has 1 aliphatic heterocycles. The van der Waals surface area contributed by atoms with Crippen molar-refractivity contribution in [3.05, 3.63) is 64.8 Å². The molecule has 1 amide bonds. The molecule has 30 heavy (non-hydrogen) atoms. The number of anilines is 1. The number of aliphatic hydroxyl groups is 1. The number of aromatic nitrogens is 2. The van der Waals surface area contributed by atoms with Gasteiger partial charge in [-0.25, -0.2) is 0 Å². The van der Waals surface area contributed by atoms with E-state index in [1.807, 2.05) is 6.26 Å². The summed E-state index contributed by atoms with van der Waals surface area (Å²) in [5.74, 6) is -0.793. The Kier molecular flexibility index (Phi) is 5.35. The second kappa shape index (κ2) is 7.96. The number of methoxy groups -OCH3 is 1. The Morgan fingerprint density at radius 1 is 1.30 bits per heavy atom. The van der Waals surface area contributed by atoms with Crippen molar-refractivity contribution in [2.75, 3.05) is 18.3 Å². The number of rotatable bonds is 6. The summed E-state index contributed by atoms with van der Waals surface area (Å²) in [7, 11) is 1.52. The highest BCUT2D eigenvalue weighted by molar-refractivity contribution is 8.00. The maximum Gasteiger partial charge on any atom is 0.296 e. The number of thioether (sulfide) groups is 1. The van der Waals surface area contributed by atoms with Gasteiger partial charge in [0.25, 0.3) is 5.91 Å². The molecule has 1 aromatic carbocycles. The number of carbonyl (C=O) groups is 2. The molecule has 1 unspecified atom stereocenters. The lowest BCUT2D eigenvalue weighted by molar-refractivity contribution is -0.117. The quantitative estimate of drug-likeness (QED) is 0.347. The first-order valence-electron chi connectivity index (χ1n) is 8.84. The zero-order valence-corrected chi connectivity index (χ0v) is 17.9. The normalized spacial score (nSPS) is 16.4. The molecule has 1 atom stereocenters. The summed E-state index contributed by atoms with van der Waals surface area (Å²) in [5.41, 5.74) is 0.503. The number of hydrogen-bond donors (Lipinski definition) is 1. The van der Waals surface area contributed by atoms with Gasteiger partial charge in [-0.3, -0.25) is 14.5 Å². The van der Waals surface area contributed by atoms with Crippen molar-refractivity contribution in [1.82, 2.24) is 10.2 Å². The van der Waals surface area contributed by atoms with E-state index in [1.165, 1.54) is 41.2 Å². The minimum absolute atomic E-state index is 0.0404. The summed E-state index contributed by atoms with van der Waals surface area (Å²) in [4.78, 5) is 27.5. The number of hydrogen-bond acceptors (Lipinski definition) is 9. The van der Waals surface area contributed by atoms with Gasteiger partial charge in [-0.15, -0.1) is 10.2 Å². The molecule has 0 saturated heterocycles. The van der Waals surface area contributed by atoms with Crippen LogP contribution < -0.4 is 9.64 Å². The van der Waals surface area contributed by atoms with E-state index in [-0.39, 0.29) is 16.5 Å². The molecule has 0 saturated carbocycles. The van der Waals surface area contributed by atoms with Crippen LogP contribution >= 0.6 is 23.1 Å². The van der Waals surface area contributed by atoms with Crippen molar-refractivity contribution in [2.45, 2.75) is 17.3 Å². The van der Waals surface area contributed by atoms with Gasteiger partial charge in [-0.1, -0.05) is 35.2 Å². The van der Waals surface area contributed by atoms with Crippen molar-refractivity contribution in [2.24, 2.45) is 0 Å². The standard InChI is InChI=1S/C20H17N3O5S2/c1-10-7-8-13(28-10)16(24)14-15(11-5-4-6-12(9-11)27-2)23(18(26)17(14)25)19-21-22-20(29-3)30-19/h4-9,15,25H,1-3H3. The van der Waals surface area contributed by atoms with Crippen molar-refractivity contribution in [3.63, 3.8) is 0 Å². The number of nitrogens with zero attached hydrogens (tertiary/aromatic N) is 3. The largest absolute Gasteiger partial charge is 0.503 e. The second-order valence-electron chi connectivity index (χ2n) is 6.41. The van der Waals surface area contributed by atoms with E-state index in [0.717, 1.165) is 0 Å². The van der Waals surface area contributed by atoms with Crippen molar-refractivity contribution in [1.29, 1.82) is 0 Å². The molecule has 2 aromatic heterocycles. The minimum Gasteiger partial charge on any atom is -0.503 e. The molecule has 1 aliphatic rings. The number of ether oxygens (including phenoxy) is 1. The van der Waals surface area contributed by atoms with Crippen molar-refractivity contribution in [3.8, 4) is 5.75 Å². The molecule has 0 spiro atoms. The van der Waals surface area contributed by atoms with Gasteiger partial charge >= 0.3 is 0 Å². The first kappa shape index (κ1) is 20.2. The van der Waals surface area contributed by atoms with Crippen LogP contribution in [0.2, 0.25) is 0 Å². The summed E-state index contributed by atoms with van der Waals surface area (Å²) in [6, 6.07) is 9.22. The number of aryl methyl sites for hydroxylation is 1. The SMILES string of the molecule is COc1cccc(C2C(C(=O)c3ccc(C)o3)=C(O)C(=O)N2c2nnc(SC)s2)c1. The van der Waals surface area contributed by atoms with Crippen LogP contribution in [0.5, 0.6) is 5.75 Å². The fraction of sp³-hybridized carbons (Fsp3) is 0.200. The number of carbonyl (C=O) groups excluding carboxylic acids is 2. The molecule has 154 valence electrons. The first-order chi connectivity index (χ1) is 14.4. The van der Waals surface area contributed by atoms with Gasteiger partial charge < -0.3 is 14.3 Å². The predicted molar refractivity (Wildman–Crippen MR) is 112 cm³/mol. The lowest BCUT2D eigenvalue weighted by Crippen LogP contribution is -2.31. The second-order valence-corrected chi connectivity index (χ2v) is 8.42. The first-order valence-corrected chi connectivity index (χ1v) is 10.9. The third kappa shape index (κ3) is 3.37. The summed E-state index contributed by atoms with van der Waals surface area (Å²) in [5, 5.41) is 19.1. The highest BCUT2D eigenvalue weighted by Gasteiger charge is 2.46. The maximum absolute atomic E-state index is 13.2. The third-order valence-electron chi connectivity index (χ3n) is 4.60. The van der Waals surface area contributed by atoms with Gasteiger partial charge in [0, 0.05) is 0 Å². The van der Waals surface area contributed by atoms with Gasteiger partial charge in [-0.05, 0) is 43.0 Å². The Bertz CT molecular complexity index is 1170. The van der Waals surface area contributed by atoms with Crippen LogP contribution in [0.25, 0.3) is 0 Å². The third-order valence-corrected chi connectivity index (χ3v) is 6.50. The monoisotopic (exact) mass is 443 g/mol. The van der Waals surface area contributed by atoms with E-state index in [2.05, 4.69) is 10.2 Å². The number of ketones is 1. The van der Waals surface area contributed by atoms with Crippen LogP contribution in [-0.4, -0.2) is 40.4 Å². The molecule has 3 aromatic rings. The Morgan fingerprint density at radius 2 is 2.10 bits per heavy atom. The molecule has 1 N–H and O–H groups in total. The van der Waals surface area contributed by atoms with E-state index >= 15 is 0 Å². The van der Waals surface area contributed by atoms with Gasteiger partial charge in [0.05, 0.1) is 18.7 Å². The smallest absolute Gasteiger partial charge is 0.296 e. The van der Waals surface area contributed by atoms with E-state index in [1.54, 1.807) is 37.3 Å². The summed E-state index contributed by atoms with van der Waals surface area (Å²) < 4.78 is 11.4. The van der Waals surface area contributed by atoms with Crippen molar-refractivity contribution < 1.29 is 23.8 Å². The maximum atomic E-state index is 13.2. The van der Waals surface area contributed by atoms with Gasteiger partial charge in [0.15, 0.2) is 15.9 Å². The lowest BCUT2D eigenvalue weighted by Gasteiger charge is -2.24. The van der Waals surface area contributed by atoms with Gasteiger partial charge in [0.2, 0.25) is 10.9 Å². The molecular formula is C20H17N3O5S2. The number of amides is 1. The molecule has 10 heteroatoms. The van der Waals surface area contributed by atoms with Gasteiger partial charge in [-0.2, -0.15) is 0 Å². The Hall–Kier alpha value is -3.11.